The van der Waals surface area contributed by atoms with Gasteiger partial charge in [0, 0.05) is 25.5 Å². The molecule has 26 heavy (non-hydrogen) atoms. The Hall–Kier alpha value is -2.02. The van der Waals surface area contributed by atoms with Gasteiger partial charge in [-0.1, -0.05) is 12.1 Å². The fourth-order valence-corrected chi connectivity index (χ4v) is 4.62. The van der Waals surface area contributed by atoms with E-state index in [0.29, 0.717) is 38.5 Å². The Labute approximate surface area is 160 Å². The Morgan fingerprint density at radius 1 is 1.23 bits per heavy atom. The van der Waals surface area contributed by atoms with Crippen molar-refractivity contribution in [2.24, 2.45) is 5.92 Å². The Morgan fingerprint density at radius 2 is 1.88 bits per heavy atom. The normalized spacial score (nSPS) is 16.2. The highest BCUT2D eigenvalue weighted by molar-refractivity contribution is 9.10. The second-order valence-electron chi connectivity index (χ2n) is 5.95. The summed E-state index contributed by atoms with van der Waals surface area (Å²) in [5.74, 6) is 0.236. The van der Waals surface area contributed by atoms with Crippen molar-refractivity contribution in [2.75, 3.05) is 19.7 Å². The number of hydrogen-bond acceptors (Lipinski definition) is 6. The van der Waals surface area contributed by atoms with Crippen LogP contribution in [0.15, 0.2) is 46.0 Å². The molecule has 1 aliphatic heterocycles. The number of sulfonamides is 1. The van der Waals surface area contributed by atoms with Gasteiger partial charge in [-0.25, -0.2) is 18.4 Å². The molecule has 0 bridgehead atoms. The van der Waals surface area contributed by atoms with Gasteiger partial charge in [0.25, 0.3) is 0 Å². The van der Waals surface area contributed by atoms with Crippen LogP contribution in [-0.4, -0.2) is 42.4 Å². The lowest BCUT2D eigenvalue weighted by atomic mass is 9.99. The first-order valence-electron chi connectivity index (χ1n) is 8.10. The molecule has 0 N–H and O–H groups in total. The van der Waals surface area contributed by atoms with Gasteiger partial charge in [0.15, 0.2) is 0 Å². The summed E-state index contributed by atoms with van der Waals surface area (Å²) in [5, 5.41) is 9.15. The number of piperidine rings is 1. The van der Waals surface area contributed by atoms with Crippen LogP contribution in [0.1, 0.15) is 18.4 Å². The molecule has 0 amide bonds. The molecule has 0 aliphatic carbocycles. The van der Waals surface area contributed by atoms with Crippen LogP contribution in [0.4, 0.5) is 0 Å². The molecule has 0 unspecified atom stereocenters. The van der Waals surface area contributed by atoms with Crippen molar-refractivity contribution in [3.63, 3.8) is 0 Å². The summed E-state index contributed by atoms with van der Waals surface area (Å²) in [5.41, 5.74) is 0.172. The number of benzene rings is 1. The molecule has 3 rings (SSSR count). The van der Waals surface area contributed by atoms with E-state index in [-0.39, 0.29) is 16.4 Å². The molecule has 136 valence electrons. The maximum Gasteiger partial charge on any atom is 0.316 e. The third kappa shape index (κ3) is 4.20. The van der Waals surface area contributed by atoms with E-state index in [1.54, 1.807) is 24.5 Å². The fourth-order valence-electron chi connectivity index (χ4n) is 2.81. The van der Waals surface area contributed by atoms with Crippen LogP contribution < -0.4 is 4.74 Å². The molecular weight excluding hydrogens is 420 g/mol. The van der Waals surface area contributed by atoms with Crippen LogP contribution >= 0.6 is 15.9 Å². The van der Waals surface area contributed by atoms with Gasteiger partial charge in [-0.2, -0.15) is 9.57 Å². The monoisotopic (exact) mass is 436 g/mol. The molecule has 1 aliphatic rings. The summed E-state index contributed by atoms with van der Waals surface area (Å²) < 4.78 is 33.4. The van der Waals surface area contributed by atoms with E-state index >= 15 is 0 Å². The van der Waals surface area contributed by atoms with Crippen molar-refractivity contribution in [3.05, 3.63) is 46.7 Å². The summed E-state index contributed by atoms with van der Waals surface area (Å²) in [4.78, 5) is 8.19. The number of nitrogens with zero attached hydrogens (tertiary/aromatic N) is 4. The average molecular weight is 437 g/mol. The molecule has 1 aromatic heterocycles. The molecule has 1 aromatic carbocycles. The quantitative estimate of drug-likeness (QED) is 0.714. The van der Waals surface area contributed by atoms with E-state index in [1.165, 1.54) is 16.4 Å². The predicted molar refractivity (Wildman–Crippen MR) is 97.9 cm³/mol. The molecule has 7 nitrogen and oxygen atoms in total. The first-order valence-corrected chi connectivity index (χ1v) is 10.3. The third-order valence-electron chi connectivity index (χ3n) is 4.24. The van der Waals surface area contributed by atoms with Gasteiger partial charge in [0.1, 0.15) is 6.07 Å². The minimum Gasteiger partial charge on any atom is -0.463 e. The largest absolute Gasteiger partial charge is 0.463 e. The number of halogens is 1. The molecule has 0 radical (unpaired) electrons. The molecule has 0 spiro atoms. The molecule has 9 heteroatoms. The van der Waals surface area contributed by atoms with Crippen molar-refractivity contribution in [3.8, 4) is 12.1 Å². The zero-order chi connectivity index (χ0) is 18.6. The van der Waals surface area contributed by atoms with Crippen molar-refractivity contribution in [1.82, 2.24) is 14.3 Å². The maximum atomic E-state index is 12.8. The highest BCUT2D eigenvalue weighted by Gasteiger charge is 2.31. The summed E-state index contributed by atoms with van der Waals surface area (Å²) in [6.45, 7) is 1.25. The van der Waals surface area contributed by atoms with Gasteiger partial charge in [-0.3, -0.25) is 0 Å². The molecule has 2 aromatic rings. The van der Waals surface area contributed by atoms with E-state index in [1.807, 2.05) is 6.07 Å². The zero-order valence-corrected chi connectivity index (χ0v) is 16.3. The van der Waals surface area contributed by atoms with Crippen LogP contribution in [0.2, 0.25) is 0 Å². The second-order valence-corrected chi connectivity index (χ2v) is 8.77. The number of nitriles is 1. The topological polar surface area (TPSA) is 96.2 Å². The molecule has 1 fully saturated rings. The Bertz CT molecular complexity index is 904. The van der Waals surface area contributed by atoms with Crippen molar-refractivity contribution in [1.29, 1.82) is 5.26 Å². The Balaban J connectivity index is 1.59. The smallest absolute Gasteiger partial charge is 0.316 e. The zero-order valence-electron chi connectivity index (χ0n) is 13.9. The van der Waals surface area contributed by atoms with Crippen molar-refractivity contribution >= 4 is 26.0 Å². The van der Waals surface area contributed by atoms with Crippen LogP contribution in [0.25, 0.3) is 0 Å². The SMILES string of the molecule is N#Cc1ccccc1S(=O)(=O)N1CCC(COc2ncc(Br)cn2)CC1. The summed E-state index contributed by atoms with van der Waals surface area (Å²) in [6.07, 6.45) is 4.60. The van der Waals surface area contributed by atoms with Crippen LogP contribution in [0, 0.1) is 17.2 Å². The van der Waals surface area contributed by atoms with Gasteiger partial charge < -0.3 is 4.74 Å². The number of hydrogen-bond donors (Lipinski definition) is 0. The average Bonchev–Trinajstić information content (AvgIpc) is 2.68. The molecule has 0 atom stereocenters. The number of rotatable bonds is 5. The van der Waals surface area contributed by atoms with E-state index < -0.39 is 10.0 Å². The van der Waals surface area contributed by atoms with Crippen LogP contribution in [0.5, 0.6) is 6.01 Å². The summed E-state index contributed by atoms with van der Waals surface area (Å²) in [7, 11) is -3.66. The maximum absolute atomic E-state index is 12.8. The Morgan fingerprint density at radius 3 is 2.54 bits per heavy atom. The predicted octanol–water partition coefficient (Wildman–Crippen LogP) is 2.59. The highest BCUT2D eigenvalue weighted by Crippen LogP contribution is 2.26. The number of ether oxygens (including phenoxy) is 1. The van der Waals surface area contributed by atoms with Gasteiger partial charge in [0.05, 0.1) is 21.5 Å². The first-order chi connectivity index (χ1) is 12.5. The third-order valence-corrected chi connectivity index (χ3v) is 6.61. The molecule has 1 saturated heterocycles. The lowest BCUT2D eigenvalue weighted by Gasteiger charge is -2.31. The molecule has 2 heterocycles. The van der Waals surface area contributed by atoms with Gasteiger partial charge >= 0.3 is 6.01 Å². The minimum absolute atomic E-state index is 0.0699. The Kier molecular flexibility index (Phi) is 5.86. The highest BCUT2D eigenvalue weighted by atomic mass is 79.9. The lowest BCUT2D eigenvalue weighted by molar-refractivity contribution is 0.176. The van der Waals surface area contributed by atoms with Gasteiger partial charge in [-0.05, 0) is 46.8 Å². The van der Waals surface area contributed by atoms with E-state index in [2.05, 4.69) is 25.9 Å². The van der Waals surface area contributed by atoms with Crippen molar-refractivity contribution < 1.29 is 13.2 Å². The van der Waals surface area contributed by atoms with Gasteiger partial charge in [0.2, 0.25) is 10.0 Å². The molecule has 0 saturated carbocycles. The van der Waals surface area contributed by atoms with E-state index in [4.69, 9.17) is 10.00 Å². The second kappa shape index (κ2) is 8.12. The summed E-state index contributed by atoms with van der Waals surface area (Å²) >= 11 is 3.26. The number of aromatic nitrogens is 2. The van der Waals surface area contributed by atoms with Crippen LogP contribution in [-0.2, 0) is 10.0 Å². The van der Waals surface area contributed by atoms with Gasteiger partial charge in [-0.15, -0.1) is 0 Å². The first kappa shape index (κ1) is 18.8. The van der Waals surface area contributed by atoms with E-state index in [9.17, 15) is 8.42 Å². The standard InChI is InChI=1S/C17H17BrN4O3S/c18-15-10-20-17(21-11-15)25-12-13-5-7-22(8-6-13)26(23,24)16-4-2-1-3-14(16)9-19/h1-4,10-11,13H,5-8,12H2. The lowest BCUT2D eigenvalue weighted by Crippen LogP contribution is -2.39. The molecular formula is C17H17BrN4O3S. The van der Waals surface area contributed by atoms with E-state index in [0.717, 1.165) is 4.47 Å². The summed E-state index contributed by atoms with van der Waals surface area (Å²) in [6, 6.07) is 8.55. The van der Waals surface area contributed by atoms with Crippen molar-refractivity contribution in [2.45, 2.75) is 17.7 Å². The minimum atomic E-state index is -3.66. The fraction of sp³-hybridized carbons (Fsp3) is 0.353. The van der Waals surface area contributed by atoms with Crippen LogP contribution in [0.3, 0.4) is 0 Å².